The third-order valence-electron chi connectivity index (χ3n) is 3.07. The molecule has 3 N–H and O–H groups in total. The first kappa shape index (κ1) is 12.9. The molecule has 0 aromatic heterocycles. The molecule has 4 heteroatoms. The van der Waals surface area contributed by atoms with E-state index in [0.717, 1.165) is 26.2 Å². The Morgan fingerprint density at radius 3 is 2.67 bits per heavy atom. The van der Waals surface area contributed by atoms with Gasteiger partial charge in [0.2, 0.25) is 0 Å². The summed E-state index contributed by atoms with van der Waals surface area (Å²) in [6.45, 7) is 5.29. The van der Waals surface area contributed by atoms with Gasteiger partial charge >= 0.3 is 0 Å². The Morgan fingerprint density at radius 1 is 1.40 bits per heavy atom. The first-order valence-electron chi connectivity index (χ1n) is 5.70. The van der Waals surface area contributed by atoms with E-state index in [1.807, 2.05) is 6.92 Å². The first-order valence-corrected chi connectivity index (χ1v) is 5.70. The second-order valence-electron chi connectivity index (χ2n) is 4.82. The number of hydrogen-bond acceptors (Lipinski definition) is 4. The van der Waals surface area contributed by atoms with Crippen molar-refractivity contribution in [1.29, 1.82) is 0 Å². The summed E-state index contributed by atoms with van der Waals surface area (Å²) in [6, 6.07) is 0. The van der Waals surface area contributed by atoms with E-state index in [1.54, 1.807) is 0 Å². The Balaban J connectivity index is 2.04. The molecule has 1 fully saturated rings. The Bertz CT molecular complexity index is 165. The van der Waals surface area contributed by atoms with Crippen molar-refractivity contribution in [2.24, 2.45) is 11.3 Å². The summed E-state index contributed by atoms with van der Waals surface area (Å²) in [5.74, 6) is 0.687. The lowest BCUT2D eigenvalue weighted by atomic mass is 9.93. The van der Waals surface area contributed by atoms with Gasteiger partial charge in [-0.1, -0.05) is 6.92 Å². The van der Waals surface area contributed by atoms with E-state index >= 15 is 0 Å². The molecule has 1 rings (SSSR count). The number of nitrogens with one attached hydrogen (secondary N) is 1. The van der Waals surface area contributed by atoms with Crippen LogP contribution in [0, 0.1) is 11.3 Å². The minimum absolute atomic E-state index is 0.0169. The zero-order chi connectivity index (χ0) is 11.1. The average Bonchev–Trinajstić information content (AvgIpc) is 2.77. The lowest BCUT2D eigenvalue weighted by molar-refractivity contribution is 0.0695. The fraction of sp³-hybridized carbons (Fsp3) is 1.00. The van der Waals surface area contributed by atoms with Gasteiger partial charge < -0.3 is 20.3 Å². The first-order chi connectivity index (χ1) is 7.20. The second kappa shape index (κ2) is 6.43. The van der Waals surface area contributed by atoms with Crippen molar-refractivity contribution < 1.29 is 14.9 Å². The van der Waals surface area contributed by atoms with Crippen LogP contribution in [-0.2, 0) is 4.74 Å². The molecule has 0 aromatic carbocycles. The van der Waals surface area contributed by atoms with E-state index < -0.39 is 5.41 Å². The van der Waals surface area contributed by atoms with Gasteiger partial charge in [-0.05, 0) is 25.3 Å². The van der Waals surface area contributed by atoms with Crippen molar-refractivity contribution in [3.05, 3.63) is 0 Å². The topological polar surface area (TPSA) is 61.7 Å². The van der Waals surface area contributed by atoms with E-state index in [9.17, 15) is 0 Å². The lowest BCUT2D eigenvalue weighted by Gasteiger charge is -2.25. The van der Waals surface area contributed by atoms with Crippen LogP contribution in [0.15, 0.2) is 0 Å². The van der Waals surface area contributed by atoms with E-state index in [1.165, 1.54) is 6.42 Å². The molecule has 1 unspecified atom stereocenters. The van der Waals surface area contributed by atoms with Crippen molar-refractivity contribution in [2.75, 3.05) is 39.5 Å². The fourth-order valence-electron chi connectivity index (χ4n) is 1.67. The lowest BCUT2D eigenvalue weighted by Crippen LogP contribution is -2.38. The molecule has 1 aliphatic heterocycles. The molecule has 1 saturated heterocycles. The van der Waals surface area contributed by atoms with Crippen molar-refractivity contribution >= 4 is 0 Å². The number of rotatable bonds is 7. The highest BCUT2D eigenvalue weighted by molar-refractivity contribution is 4.75. The van der Waals surface area contributed by atoms with Gasteiger partial charge in [-0.2, -0.15) is 0 Å². The fourth-order valence-corrected chi connectivity index (χ4v) is 1.67. The van der Waals surface area contributed by atoms with Gasteiger partial charge in [0, 0.05) is 25.2 Å². The molecule has 90 valence electrons. The number of aliphatic hydroxyl groups excluding tert-OH is 2. The van der Waals surface area contributed by atoms with Gasteiger partial charge in [-0.3, -0.25) is 0 Å². The number of ether oxygens (including phenoxy) is 1. The van der Waals surface area contributed by atoms with Crippen LogP contribution in [0.1, 0.15) is 19.8 Å². The molecule has 0 spiro atoms. The van der Waals surface area contributed by atoms with Gasteiger partial charge in [-0.15, -0.1) is 0 Å². The van der Waals surface area contributed by atoms with Crippen LogP contribution in [0.25, 0.3) is 0 Å². The molecule has 15 heavy (non-hydrogen) atoms. The molecule has 1 atom stereocenters. The Labute approximate surface area is 91.6 Å². The Morgan fingerprint density at radius 2 is 2.13 bits per heavy atom. The Hall–Kier alpha value is -0.160. The van der Waals surface area contributed by atoms with E-state index in [0.29, 0.717) is 12.5 Å². The molecular formula is C11H23NO3. The van der Waals surface area contributed by atoms with E-state index in [4.69, 9.17) is 14.9 Å². The highest BCUT2D eigenvalue weighted by Gasteiger charge is 2.22. The number of hydrogen-bond donors (Lipinski definition) is 3. The van der Waals surface area contributed by atoms with Crippen molar-refractivity contribution in [2.45, 2.75) is 19.8 Å². The Kier molecular flexibility index (Phi) is 5.53. The average molecular weight is 217 g/mol. The third-order valence-corrected chi connectivity index (χ3v) is 3.07. The maximum atomic E-state index is 9.08. The number of aliphatic hydroxyl groups is 2. The normalized spacial score (nSPS) is 22.2. The van der Waals surface area contributed by atoms with Crippen molar-refractivity contribution in [3.8, 4) is 0 Å². The van der Waals surface area contributed by atoms with Gasteiger partial charge in [0.25, 0.3) is 0 Å². The van der Waals surface area contributed by atoms with Crippen LogP contribution >= 0.6 is 0 Å². The minimum Gasteiger partial charge on any atom is -0.396 e. The summed E-state index contributed by atoms with van der Waals surface area (Å²) >= 11 is 0. The molecule has 0 aromatic rings. The van der Waals surface area contributed by atoms with E-state index in [2.05, 4.69) is 5.32 Å². The molecule has 0 aliphatic carbocycles. The summed E-state index contributed by atoms with van der Waals surface area (Å²) in [7, 11) is 0. The summed E-state index contributed by atoms with van der Waals surface area (Å²) in [4.78, 5) is 0. The molecule has 0 bridgehead atoms. The molecular weight excluding hydrogens is 194 g/mol. The van der Waals surface area contributed by atoms with Crippen LogP contribution < -0.4 is 5.32 Å². The maximum Gasteiger partial charge on any atom is 0.0518 e. The van der Waals surface area contributed by atoms with Gasteiger partial charge in [0.1, 0.15) is 0 Å². The predicted molar refractivity (Wildman–Crippen MR) is 58.7 cm³/mol. The van der Waals surface area contributed by atoms with Crippen LogP contribution in [0.3, 0.4) is 0 Å². The molecule has 0 radical (unpaired) electrons. The summed E-state index contributed by atoms with van der Waals surface area (Å²) in [5.41, 5.74) is -0.397. The van der Waals surface area contributed by atoms with Crippen LogP contribution in [-0.4, -0.2) is 49.7 Å². The van der Waals surface area contributed by atoms with Gasteiger partial charge in [-0.25, -0.2) is 0 Å². The molecule has 1 heterocycles. The summed E-state index contributed by atoms with van der Waals surface area (Å²) < 4.78 is 5.29. The van der Waals surface area contributed by atoms with Crippen LogP contribution in [0.5, 0.6) is 0 Å². The zero-order valence-electron chi connectivity index (χ0n) is 9.54. The van der Waals surface area contributed by atoms with Crippen LogP contribution in [0.4, 0.5) is 0 Å². The zero-order valence-corrected chi connectivity index (χ0v) is 9.54. The molecule has 0 saturated carbocycles. The highest BCUT2D eigenvalue weighted by Crippen LogP contribution is 2.16. The molecule has 4 nitrogen and oxygen atoms in total. The summed E-state index contributed by atoms with van der Waals surface area (Å²) in [5, 5.41) is 21.4. The quantitative estimate of drug-likeness (QED) is 0.525. The minimum atomic E-state index is -0.397. The van der Waals surface area contributed by atoms with Crippen molar-refractivity contribution in [3.63, 3.8) is 0 Å². The SMILES string of the molecule is CC(CO)(CO)CNCCC1CCOC1. The van der Waals surface area contributed by atoms with Crippen LogP contribution in [0.2, 0.25) is 0 Å². The smallest absolute Gasteiger partial charge is 0.0518 e. The maximum absolute atomic E-state index is 9.08. The predicted octanol–water partition coefficient (Wildman–Crippen LogP) is -0.00650. The highest BCUT2D eigenvalue weighted by atomic mass is 16.5. The second-order valence-corrected chi connectivity index (χ2v) is 4.82. The van der Waals surface area contributed by atoms with E-state index in [-0.39, 0.29) is 13.2 Å². The monoisotopic (exact) mass is 217 g/mol. The third kappa shape index (κ3) is 4.47. The van der Waals surface area contributed by atoms with Crippen molar-refractivity contribution in [1.82, 2.24) is 5.32 Å². The van der Waals surface area contributed by atoms with Gasteiger partial charge in [0.05, 0.1) is 13.2 Å². The summed E-state index contributed by atoms with van der Waals surface area (Å²) in [6.07, 6.45) is 2.28. The standard InChI is InChI=1S/C11H23NO3/c1-11(8-13,9-14)7-12-4-2-10-3-5-15-6-10/h10,12-14H,2-9H2,1H3. The van der Waals surface area contributed by atoms with Gasteiger partial charge in [0.15, 0.2) is 0 Å². The largest absolute Gasteiger partial charge is 0.396 e. The molecule has 1 aliphatic rings. The molecule has 0 amide bonds.